The van der Waals surface area contributed by atoms with Crippen LogP contribution in [0, 0.1) is 0 Å². The van der Waals surface area contributed by atoms with E-state index in [2.05, 4.69) is 26.1 Å². The Hall–Kier alpha value is -1.23. The topological polar surface area (TPSA) is 21.3 Å². The lowest BCUT2D eigenvalue weighted by atomic mass is 10.1. The van der Waals surface area contributed by atoms with Gasteiger partial charge in [-0.05, 0) is 58.0 Å². The minimum absolute atomic E-state index is 0.0638. The summed E-state index contributed by atoms with van der Waals surface area (Å²) < 4.78 is 42.4. The van der Waals surface area contributed by atoms with E-state index in [9.17, 15) is 13.2 Å². The lowest BCUT2D eigenvalue weighted by Gasteiger charge is -2.20. The van der Waals surface area contributed by atoms with E-state index in [0.29, 0.717) is 12.4 Å². The van der Waals surface area contributed by atoms with Crippen LogP contribution in [0.1, 0.15) is 32.8 Å². The predicted octanol–water partition coefficient (Wildman–Crippen LogP) is 3.86. The standard InChI is InChI=1S/C14H20F3NO/c1-13(2,3)18-9-4-10-19-12-7-5-11(6-8-12)14(15,16)17/h5-8,18H,4,9-10H2,1-3H3. The highest BCUT2D eigenvalue weighted by Gasteiger charge is 2.29. The molecule has 1 aromatic carbocycles. The third-order valence-electron chi connectivity index (χ3n) is 2.43. The minimum Gasteiger partial charge on any atom is -0.494 e. The highest BCUT2D eigenvalue weighted by molar-refractivity contribution is 5.28. The molecule has 1 aromatic rings. The molecule has 1 N–H and O–H groups in total. The highest BCUT2D eigenvalue weighted by Crippen LogP contribution is 2.30. The molecule has 0 aliphatic carbocycles. The molecule has 0 spiro atoms. The summed E-state index contributed by atoms with van der Waals surface area (Å²) >= 11 is 0. The van der Waals surface area contributed by atoms with Crippen LogP contribution < -0.4 is 10.1 Å². The van der Waals surface area contributed by atoms with Crippen molar-refractivity contribution in [3.05, 3.63) is 29.8 Å². The first-order chi connectivity index (χ1) is 8.68. The zero-order chi connectivity index (χ0) is 14.5. The van der Waals surface area contributed by atoms with E-state index in [1.807, 2.05) is 0 Å². The van der Waals surface area contributed by atoms with Crippen LogP contribution in [0.15, 0.2) is 24.3 Å². The number of benzene rings is 1. The van der Waals surface area contributed by atoms with Gasteiger partial charge >= 0.3 is 6.18 Å². The monoisotopic (exact) mass is 275 g/mol. The van der Waals surface area contributed by atoms with Crippen LogP contribution >= 0.6 is 0 Å². The van der Waals surface area contributed by atoms with Crippen molar-refractivity contribution in [3.63, 3.8) is 0 Å². The molecule has 0 heterocycles. The molecule has 108 valence electrons. The number of nitrogens with one attached hydrogen (secondary N) is 1. The Balaban J connectivity index is 2.31. The first kappa shape index (κ1) is 15.8. The van der Waals surface area contributed by atoms with E-state index in [0.717, 1.165) is 25.1 Å². The first-order valence-electron chi connectivity index (χ1n) is 6.23. The Kier molecular flexibility index (Phi) is 5.23. The van der Waals surface area contributed by atoms with Crippen LogP contribution in [-0.2, 0) is 6.18 Å². The summed E-state index contributed by atoms with van der Waals surface area (Å²) in [4.78, 5) is 0. The average Bonchev–Trinajstić information content (AvgIpc) is 2.26. The van der Waals surface area contributed by atoms with Crippen LogP contribution in [0.3, 0.4) is 0 Å². The number of hydrogen-bond donors (Lipinski definition) is 1. The number of alkyl halides is 3. The minimum atomic E-state index is -4.30. The van der Waals surface area contributed by atoms with Gasteiger partial charge in [0, 0.05) is 5.54 Å². The number of rotatable bonds is 5. The van der Waals surface area contributed by atoms with E-state index in [1.54, 1.807) is 0 Å². The van der Waals surface area contributed by atoms with Crippen molar-refractivity contribution in [3.8, 4) is 5.75 Å². The first-order valence-corrected chi connectivity index (χ1v) is 6.23. The maximum atomic E-state index is 12.3. The largest absolute Gasteiger partial charge is 0.494 e. The van der Waals surface area contributed by atoms with Gasteiger partial charge in [0.2, 0.25) is 0 Å². The third kappa shape index (κ3) is 6.47. The predicted molar refractivity (Wildman–Crippen MR) is 69.3 cm³/mol. The molecule has 0 amide bonds. The maximum absolute atomic E-state index is 12.3. The SMILES string of the molecule is CC(C)(C)NCCCOc1ccc(C(F)(F)F)cc1. The Morgan fingerprint density at radius 1 is 1.05 bits per heavy atom. The van der Waals surface area contributed by atoms with E-state index < -0.39 is 11.7 Å². The van der Waals surface area contributed by atoms with Crippen LogP contribution in [-0.4, -0.2) is 18.7 Å². The Labute approximate surface area is 112 Å². The van der Waals surface area contributed by atoms with Crippen LogP contribution in [0.5, 0.6) is 5.75 Å². The van der Waals surface area contributed by atoms with E-state index >= 15 is 0 Å². The summed E-state index contributed by atoms with van der Waals surface area (Å²) in [7, 11) is 0. The van der Waals surface area contributed by atoms with Gasteiger partial charge in [-0.2, -0.15) is 13.2 Å². The van der Waals surface area contributed by atoms with Gasteiger partial charge < -0.3 is 10.1 Å². The van der Waals surface area contributed by atoms with Crippen LogP contribution in [0.4, 0.5) is 13.2 Å². The molecule has 19 heavy (non-hydrogen) atoms. The van der Waals surface area contributed by atoms with Gasteiger partial charge in [-0.3, -0.25) is 0 Å². The molecule has 0 fully saturated rings. The zero-order valence-corrected chi connectivity index (χ0v) is 11.5. The summed E-state index contributed by atoms with van der Waals surface area (Å²) in [5.74, 6) is 0.462. The fourth-order valence-corrected chi connectivity index (χ4v) is 1.47. The molecule has 0 atom stereocenters. The van der Waals surface area contributed by atoms with Crippen LogP contribution in [0.25, 0.3) is 0 Å². The average molecular weight is 275 g/mol. The number of halogens is 3. The normalized spacial score (nSPS) is 12.5. The quantitative estimate of drug-likeness (QED) is 0.824. The van der Waals surface area contributed by atoms with Gasteiger partial charge in [-0.15, -0.1) is 0 Å². The third-order valence-corrected chi connectivity index (χ3v) is 2.43. The lowest BCUT2D eigenvalue weighted by Crippen LogP contribution is -2.36. The Morgan fingerprint density at radius 3 is 2.11 bits per heavy atom. The van der Waals surface area contributed by atoms with Gasteiger partial charge in [-0.1, -0.05) is 0 Å². The van der Waals surface area contributed by atoms with Gasteiger partial charge in [-0.25, -0.2) is 0 Å². The van der Waals surface area contributed by atoms with Gasteiger partial charge in [0.1, 0.15) is 5.75 Å². The summed E-state index contributed by atoms with van der Waals surface area (Å²) in [6, 6.07) is 4.76. The summed E-state index contributed by atoms with van der Waals surface area (Å²) in [5, 5.41) is 3.31. The Bertz CT molecular complexity index is 379. The van der Waals surface area contributed by atoms with Crippen molar-refractivity contribution >= 4 is 0 Å². The second kappa shape index (κ2) is 6.28. The fraction of sp³-hybridized carbons (Fsp3) is 0.571. The summed E-state index contributed by atoms with van der Waals surface area (Å²) in [6.45, 7) is 7.51. The maximum Gasteiger partial charge on any atom is 0.416 e. The molecule has 0 bridgehead atoms. The Morgan fingerprint density at radius 2 is 1.63 bits per heavy atom. The second-order valence-electron chi connectivity index (χ2n) is 5.40. The molecular weight excluding hydrogens is 255 g/mol. The zero-order valence-electron chi connectivity index (χ0n) is 11.5. The van der Waals surface area contributed by atoms with Gasteiger partial charge in [0.05, 0.1) is 12.2 Å². The molecule has 0 aliphatic rings. The smallest absolute Gasteiger partial charge is 0.416 e. The van der Waals surface area contributed by atoms with Crippen molar-refractivity contribution in [2.45, 2.75) is 38.9 Å². The second-order valence-corrected chi connectivity index (χ2v) is 5.40. The molecule has 0 aliphatic heterocycles. The summed E-state index contributed by atoms with van der Waals surface area (Å²) in [6.07, 6.45) is -3.49. The molecular formula is C14H20F3NO. The van der Waals surface area contributed by atoms with Gasteiger partial charge in [0.15, 0.2) is 0 Å². The molecule has 5 heteroatoms. The molecule has 0 saturated heterocycles. The molecule has 2 nitrogen and oxygen atoms in total. The van der Waals surface area contributed by atoms with Crippen molar-refractivity contribution in [2.75, 3.05) is 13.2 Å². The van der Waals surface area contributed by atoms with Crippen molar-refractivity contribution < 1.29 is 17.9 Å². The van der Waals surface area contributed by atoms with Crippen molar-refractivity contribution in [1.29, 1.82) is 0 Å². The number of hydrogen-bond acceptors (Lipinski definition) is 2. The van der Waals surface area contributed by atoms with E-state index in [-0.39, 0.29) is 5.54 Å². The molecule has 0 radical (unpaired) electrons. The number of ether oxygens (including phenoxy) is 1. The van der Waals surface area contributed by atoms with Crippen molar-refractivity contribution in [2.24, 2.45) is 0 Å². The fourth-order valence-electron chi connectivity index (χ4n) is 1.47. The van der Waals surface area contributed by atoms with Crippen molar-refractivity contribution in [1.82, 2.24) is 5.32 Å². The van der Waals surface area contributed by atoms with Crippen LogP contribution in [0.2, 0.25) is 0 Å². The van der Waals surface area contributed by atoms with E-state index in [1.165, 1.54) is 12.1 Å². The molecule has 0 saturated carbocycles. The lowest BCUT2D eigenvalue weighted by molar-refractivity contribution is -0.137. The summed E-state index contributed by atoms with van der Waals surface area (Å²) in [5.41, 5.74) is -0.594. The molecule has 0 unspecified atom stereocenters. The van der Waals surface area contributed by atoms with Gasteiger partial charge in [0.25, 0.3) is 0 Å². The van der Waals surface area contributed by atoms with E-state index in [4.69, 9.17) is 4.74 Å². The highest BCUT2D eigenvalue weighted by atomic mass is 19.4. The molecule has 0 aromatic heterocycles. The molecule has 1 rings (SSSR count).